The number of amides is 1. The van der Waals surface area contributed by atoms with Crippen molar-refractivity contribution in [3.8, 4) is 45.9 Å². The molecular weight excluding hydrogens is 653 g/mol. The van der Waals surface area contributed by atoms with Gasteiger partial charge in [0.2, 0.25) is 11.5 Å². The Kier molecular flexibility index (Phi) is 7.41. The number of ether oxygens (including phenoxy) is 4. The fourth-order valence-corrected chi connectivity index (χ4v) is 6.99. The van der Waals surface area contributed by atoms with E-state index in [1.807, 2.05) is 36.4 Å². The van der Waals surface area contributed by atoms with Crippen molar-refractivity contribution >= 4 is 29.3 Å². The number of nitrogens with zero attached hydrogens (tertiary/aromatic N) is 4. The molecule has 7 rings (SSSR count). The van der Waals surface area contributed by atoms with E-state index >= 15 is 8.78 Å². The molecule has 1 saturated heterocycles. The third-order valence-corrected chi connectivity index (χ3v) is 9.03. The molecule has 0 saturated carbocycles. The van der Waals surface area contributed by atoms with Crippen molar-refractivity contribution in [3.05, 3.63) is 87.2 Å². The van der Waals surface area contributed by atoms with Crippen LogP contribution in [-0.4, -0.2) is 39.4 Å². The largest absolute Gasteiger partial charge is 0.480 e. The molecule has 2 atom stereocenters. The normalized spacial score (nSPS) is 19.4. The summed E-state index contributed by atoms with van der Waals surface area (Å²) in [5, 5.41) is 17.1. The Hall–Kier alpha value is -4.66. The fraction of sp³-hybridized carbons (Fsp3) is 0.294. The molecule has 0 spiro atoms. The lowest BCUT2D eigenvalue weighted by atomic mass is 9.79. The molecule has 0 bridgehead atoms. The number of aromatic nitrogens is 2. The summed E-state index contributed by atoms with van der Waals surface area (Å²) < 4.78 is 56.4. The first-order chi connectivity index (χ1) is 22.4. The lowest BCUT2D eigenvalue weighted by Crippen LogP contribution is -2.53. The van der Waals surface area contributed by atoms with Crippen LogP contribution in [0.15, 0.2) is 48.7 Å². The Balaban J connectivity index is 1.40. The van der Waals surface area contributed by atoms with E-state index in [-0.39, 0.29) is 57.0 Å². The van der Waals surface area contributed by atoms with E-state index in [2.05, 4.69) is 10.2 Å². The number of fused-ring (bicyclic) bond motifs is 3. The van der Waals surface area contributed by atoms with Crippen molar-refractivity contribution in [3.63, 3.8) is 0 Å². The van der Waals surface area contributed by atoms with Gasteiger partial charge in [0.1, 0.15) is 23.2 Å². The second kappa shape index (κ2) is 11.2. The number of nitriles is 1. The summed E-state index contributed by atoms with van der Waals surface area (Å²) in [4.78, 5) is 15.1. The van der Waals surface area contributed by atoms with Crippen LogP contribution in [0.2, 0.25) is 10.2 Å². The molecule has 3 aliphatic heterocycles. The third kappa shape index (κ3) is 5.07. The van der Waals surface area contributed by atoms with Crippen molar-refractivity contribution in [1.82, 2.24) is 15.1 Å². The fourth-order valence-electron chi connectivity index (χ4n) is 6.55. The van der Waals surface area contributed by atoms with Crippen LogP contribution >= 0.6 is 23.2 Å². The van der Waals surface area contributed by atoms with Gasteiger partial charge in [-0.25, -0.2) is 13.6 Å². The van der Waals surface area contributed by atoms with Gasteiger partial charge < -0.3 is 23.8 Å². The highest BCUT2D eigenvalue weighted by Gasteiger charge is 2.54. The lowest BCUT2D eigenvalue weighted by molar-refractivity contribution is -0.0216. The van der Waals surface area contributed by atoms with Crippen LogP contribution in [0.5, 0.6) is 28.7 Å². The van der Waals surface area contributed by atoms with Gasteiger partial charge in [-0.05, 0) is 39.2 Å². The average Bonchev–Trinajstić information content (AvgIpc) is 3.68. The van der Waals surface area contributed by atoms with Gasteiger partial charge in [-0.1, -0.05) is 53.5 Å². The van der Waals surface area contributed by atoms with E-state index in [1.165, 1.54) is 12.3 Å². The summed E-state index contributed by atoms with van der Waals surface area (Å²) in [7, 11) is 0. The predicted molar refractivity (Wildman–Crippen MR) is 167 cm³/mol. The van der Waals surface area contributed by atoms with E-state index in [4.69, 9.17) is 42.1 Å². The monoisotopic (exact) mass is 678 g/mol. The molecule has 1 amide bonds. The minimum absolute atomic E-state index is 0.00189. The number of carbonyl (C=O) groups is 1. The summed E-state index contributed by atoms with van der Waals surface area (Å²) in [6.45, 7) is 5.78. The second-order valence-electron chi connectivity index (χ2n) is 12.5. The van der Waals surface area contributed by atoms with Gasteiger partial charge in [0.05, 0.1) is 22.8 Å². The maximum absolute atomic E-state index is 16.7. The first kappa shape index (κ1) is 31.0. The molecular formula is C34H26Cl2F2N4O5. The summed E-state index contributed by atoms with van der Waals surface area (Å²) in [6.07, 6.45) is 1.99. The summed E-state index contributed by atoms with van der Waals surface area (Å²) in [5.41, 5.74) is -1.46. The molecule has 0 aliphatic carbocycles. The molecule has 0 N–H and O–H groups in total. The smallest absolute Gasteiger partial charge is 0.410 e. The van der Waals surface area contributed by atoms with Gasteiger partial charge in [0.25, 0.3) is 0 Å². The molecule has 47 heavy (non-hydrogen) atoms. The van der Waals surface area contributed by atoms with Crippen molar-refractivity contribution in [2.45, 2.75) is 57.3 Å². The third-order valence-electron chi connectivity index (χ3n) is 8.41. The number of benzene rings is 3. The molecule has 0 radical (unpaired) electrons. The first-order valence-electron chi connectivity index (χ1n) is 14.8. The average molecular weight is 680 g/mol. The van der Waals surface area contributed by atoms with Crippen LogP contribution in [0, 0.1) is 23.0 Å². The molecule has 1 fully saturated rings. The predicted octanol–water partition coefficient (Wildman–Crippen LogP) is 8.73. The summed E-state index contributed by atoms with van der Waals surface area (Å²) in [6, 6.07) is 13.1. The highest BCUT2D eigenvalue weighted by Crippen LogP contribution is 2.56. The van der Waals surface area contributed by atoms with E-state index in [0.717, 1.165) is 11.6 Å². The molecule has 4 aromatic rings. The van der Waals surface area contributed by atoms with Gasteiger partial charge in [0.15, 0.2) is 28.1 Å². The molecule has 240 valence electrons. The van der Waals surface area contributed by atoms with Crippen molar-refractivity contribution in [2.75, 3.05) is 6.54 Å². The molecule has 3 aliphatic rings. The summed E-state index contributed by atoms with van der Waals surface area (Å²) in [5.74, 6) is -2.30. The summed E-state index contributed by atoms with van der Waals surface area (Å²) >= 11 is 12.7. The first-order valence-corrected chi connectivity index (χ1v) is 15.6. The molecule has 0 unspecified atom stereocenters. The molecule has 9 nitrogen and oxygen atoms in total. The number of rotatable bonds is 3. The Morgan fingerprint density at radius 2 is 1.83 bits per heavy atom. The van der Waals surface area contributed by atoms with Crippen LogP contribution in [0.25, 0.3) is 11.1 Å². The zero-order valence-electron chi connectivity index (χ0n) is 25.4. The van der Waals surface area contributed by atoms with E-state index in [9.17, 15) is 10.1 Å². The van der Waals surface area contributed by atoms with Crippen LogP contribution in [0.4, 0.5) is 13.6 Å². The van der Waals surface area contributed by atoms with E-state index in [0.29, 0.717) is 24.9 Å². The van der Waals surface area contributed by atoms with Crippen LogP contribution in [0.1, 0.15) is 50.3 Å². The van der Waals surface area contributed by atoms with Gasteiger partial charge >= 0.3 is 6.09 Å². The van der Waals surface area contributed by atoms with Gasteiger partial charge in [-0.2, -0.15) is 10.4 Å². The topological polar surface area (TPSA) is 107 Å². The second-order valence-corrected chi connectivity index (χ2v) is 13.2. The van der Waals surface area contributed by atoms with Gasteiger partial charge in [-0.15, -0.1) is 5.10 Å². The Morgan fingerprint density at radius 1 is 1.09 bits per heavy atom. The standard InChI is InChI=1S/C34H26Cl2F2N4O5/c1-33(2,3)47-32(43)42-11-7-10-24(42)34(18-8-5-4-6-9-18)14-19-21(46-34)13-20(37)27(35)26(19)25-17(15-39)12-22-29(28(25)38)45-23-16-40-41-31(36)30(23)44-22/h4-6,8-9,12-13,16,24H,7,10-11,14H2,1-3H3/t24-,34-/m0/s1. The van der Waals surface area contributed by atoms with Crippen molar-refractivity contribution in [1.29, 1.82) is 5.26 Å². The maximum Gasteiger partial charge on any atom is 0.410 e. The Bertz CT molecular complexity index is 2000. The molecule has 3 aromatic carbocycles. The maximum atomic E-state index is 16.7. The van der Waals surface area contributed by atoms with Crippen molar-refractivity contribution < 1.29 is 32.5 Å². The minimum Gasteiger partial charge on any atom is -0.480 e. The minimum atomic E-state index is -1.23. The zero-order chi connectivity index (χ0) is 33.2. The SMILES string of the molecule is CC(C)(C)OC(=O)N1CCC[C@H]1[C@@]1(c2ccccc2)Cc2c(cc(F)c(Cl)c2-c2c(C#N)cc3c(c2F)Oc2cnnc(Cl)c2O3)O1. The van der Waals surface area contributed by atoms with E-state index < -0.39 is 40.0 Å². The number of likely N-dealkylation sites (tertiary alicyclic amines) is 1. The number of hydrogen-bond acceptors (Lipinski definition) is 8. The van der Waals surface area contributed by atoms with Crippen LogP contribution < -0.4 is 14.2 Å². The highest BCUT2D eigenvalue weighted by molar-refractivity contribution is 6.34. The van der Waals surface area contributed by atoms with Crippen molar-refractivity contribution in [2.24, 2.45) is 0 Å². The molecule has 1 aromatic heterocycles. The van der Waals surface area contributed by atoms with Crippen LogP contribution in [0.3, 0.4) is 0 Å². The lowest BCUT2D eigenvalue weighted by Gasteiger charge is -2.40. The quantitative estimate of drug-likeness (QED) is 0.186. The Labute approximate surface area is 278 Å². The molecule has 4 heterocycles. The highest BCUT2D eigenvalue weighted by atomic mass is 35.5. The zero-order valence-corrected chi connectivity index (χ0v) is 26.9. The molecule has 13 heteroatoms. The van der Waals surface area contributed by atoms with E-state index in [1.54, 1.807) is 25.7 Å². The van der Waals surface area contributed by atoms with Gasteiger partial charge in [0, 0.05) is 41.8 Å². The van der Waals surface area contributed by atoms with Gasteiger partial charge in [-0.3, -0.25) is 0 Å². The number of carbonyl (C=O) groups excluding carboxylic acids is 1. The number of halogens is 4. The number of hydrogen-bond donors (Lipinski definition) is 0. The Morgan fingerprint density at radius 3 is 2.55 bits per heavy atom. The van der Waals surface area contributed by atoms with Crippen LogP contribution in [-0.2, 0) is 16.8 Å².